The summed E-state index contributed by atoms with van der Waals surface area (Å²) in [6.45, 7) is 2.20. The van der Waals surface area contributed by atoms with Crippen LogP contribution in [0.15, 0.2) is 54.9 Å². The zero-order valence-electron chi connectivity index (χ0n) is 18.4. The van der Waals surface area contributed by atoms with E-state index in [4.69, 9.17) is 4.74 Å². The Kier molecular flexibility index (Phi) is 5.77. The number of methoxy groups -OCH3 is 1. The lowest BCUT2D eigenvalue weighted by Crippen LogP contribution is -2.21. The summed E-state index contributed by atoms with van der Waals surface area (Å²) in [5.41, 5.74) is 4.53. The molecule has 4 aromatic rings. The summed E-state index contributed by atoms with van der Waals surface area (Å²) in [6, 6.07) is 14.2. The van der Waals surface area contributed by atoms with Gasteiger partial charge in [-0.25, -0.2) is 4.39 Å². The van der Waals surface area contributed by atoms with E-state index in [2.05, 4.69) is 15.5 Å². The average molecular weight is 433 g/mol. The number of hydrogen-bond donors (Lipinski definition) is 1. The van der Waals surface area contributed by atoms with Crippen LogP contribution in [0, 0.1) is 12.7 Å². The number of hydrogen-bond acceptors (Lipinski definition) is 5. The van der Waals surface area contributed by atoms with Crippen LogP contribution in [-0.2, 0) is 6.54 Å². The van der Waals surface area contributed by atoms with Gasteiger partial charge in [0.05, 0.1) is 7.11 Å². The Morgan fingerprint density at radius 3 is 2.66 bits per heavy atom. The first-order valence-electron chi connectivity index (χ1n) is 10.1. The molecule has 2 aromatic heterocycles. The van der Waals surface area contributed by atoms with Crippen LogP contribution in [0.25, 0.3) is 16.8 Å². The number of nitrogens with one attached hydrogen (secondary N) is 1. The second-order valence-corrected chi connectivity index (χ2v) is 7.66. The molecule has 0 unspecified atom stereocenters. The van der Waals surface area contributed by atoms with Gasteiger partial charge in [0.1, 0.15) is 23.7 Å². The average Bonchev–Trinajstić information content (AvgIpc) is 3.28. The van der Waals surface area contributed by atoms with E-state index in [9.17, 15) is 9.18 Å². The second kappa shape index (κ2) is 8.66. The molecule has 0 saturated heterocycles. The maximum Gasteiger partial charge on any atom is 0.253 e. The standard InChI is InChI=1S/C24H24FN5O2/c1-15-12-16(24(31)29(2)3)8-9-17(15)18-10-11-22(30-14-27-28-23(18)30)26-13-19-20(25)6-5-7-21(19)32-4/h5-12,14,26H,13H2,1-4H3. The van der Waals surface area contributed by atoms with Crippen molar-refractivity contribution in [1.29, 1.82) is 0 Å². The monoisotopic (exact) mass is 433 g/mol. The minimum Gasteiger partial charge on any atom is -0.496 e. The van der Waals surface area contributed by atoms with Gasteiger partial charge < -0.3 is 15.0 Å². The molecule has 0 spiro atoms. The molecule has 164 valence electrons. The topological polar surface area (TPSA) is 71.8 Å². The first-order valence-corrected chi connectivity index (χ1v) is 10.1. The minimum absolute atomic E-state index is 0.0459. The Hall–Kier alpha value is -3.94. The molecule has 8 heteroatoms. The highest BCUT2D eigenvalue weighted by Gasteiger charge is 2.15. The van der Waals surface area contributed by atoms with Gasteiger partial charge >= 0.3 is 0 Å². The first-order chi connectivity index (χ1) is 15.4. The molecule has 0 saturated carbocycles. The normalized spacial score (nSPS) is 10.9. The fourth-order valence-electron chi connectivity index (χ4n) is 3.70. The number of anilines is 1. The zero-order valence-corrected chi connectivity index (χ0v) is 18.4. The maximum atomic E-state index is 14.3. The van der Waals surface area contributed by atoms with E-state index >= 15 is 0 Å². The zero-order chi connectivity index (χ0) is 22.8. The number of fused-ring (bicyclic) bond motifs is 1. The van der Waals surface area contributed by atoms with Crippen molar-refractivity contribution in [2.24, 2.45) is 0 Å². The Balaban J connectivity index is 1.67. The number of amides is 1. The molecule has 0 radical (unpaired) electrons. The summed E-state index contributed by atoms with van der Waals surface area (Å²) in [4.78, 5) is 13.8. The summed E-state index contributed by atoms with van der Waals surface area (Å²) in [5, 5.41) is 11.6. The van der Waals surface area contributed by atoms with Gasteiger partial charge in [0.2, 0.25) is 0 Å². The van der Waals surface area contributed by atoms with Crippen molar-refractivity contribution in [2.45, 2.75) is 13.5 Å². The molecule has 4 rings (SSSR count). The van der Waals surface area contributed by atoms with Crippen LogP contribution < -0.4 is 10.1 Å². The summed E-state index contributed by atoms with van der Waals surface area (Å²) in [7, 11) is 4.98. The largest absolute Gasteiger partial charge is 0.496 e. The third kappa shape index (κ3) is 3.87. The first kappa shape index (κ1) is 21.3. The Morgan fingerprint density at radius 1 is 1.16 bits per heavy atom. The number of nitrogens with zero attached hydrogens (tertiary/aromatic N) is 4. The van der Waals surface area contributed by atoms with Crippen LogP contribution in [-0.4, -0.2) is 46.6 Å². The van der Waals surface area contributed by atoms with Crippen LogP contribution in [0.3, 0.4) is 0 Å². The summed E-state index contributed by atoms with van der Waals surface area (Å²) >= 11 is 0. The molecular formula is C24H24FN5O2. The van der Waals surface area contributed by atoms with E-state index in [1.807, 2.05) is 41.7 Å². The number of halogens is 1. The minimum atomic E-state index is -0.337. The third-order valence-electron chi connectivity index (χ3n) is 5.37. The van der Waals surface area contributed by atoms with Crippen molar-refractivity contribution < 1.29 is 13.9 Å². The van der Waals surface area contributed by atoms with Crippen molar-refractivity contribution in [1.82, 2.24) is 19.5 Å². The lowest BCUT2D eigenvalue weighted by Gasteiger charge is -2.15. The Bertz CT molecular complexity index is 1300. The Labute approximate surface area is 185 Å². The number of carbonyl (C=O) groups excluding carboxylic acids is 1. The molecule has 0 aliphatic heterocycles. The Morgan fingerprint density at radius 2 is 1.94 bits per heavy atom. The lowest BCUT2D eigenvalue weighted by molar-refractivity contribution is 0.0827. The van der Waals surface area contributed by atoms with Gasteiger partial charge in [-0.1, -0.05) is 12.1 Å². The van der Waals surface area contributed by atoms with Crippen LogP contribution in [0.1, 0.15) is 21.5 Å². The number of benzene rings is 2. The predicted octanol–water partition coefficient (Wildman–Crippen LogP) is 4.17. The number of ether oxygens (including phenoxy) is 1. The number of aromatic nitrogens is 3. The summed E-state index contributed by atoms with van der Waals surface area (Å²) in [5.74, 6) is 0.820. The van der Waals surface area contributed by atoms with E-state index in [1.165, 1.54) is 13.2 Å². The van der Waals surface area contributed by atoms with Crippen molar-refractivity contribution in [2.75, 3.05) is 26.5 Å². The molecule has 2 heterocycles. The van der Waals surface area contributed by atoms with Gasteiger partial charge in [-0.15, -0.1) is 10.2 Å². The van der Waals surface area contributed by atoms with Gasteiger partial charge in [-0.3, -0.25) is 9.20 Å². The fourth-order valence-corrected chi connectivity index (χ4v) is 3.70. The molecule has 32 heavy (non-hydrogen) atoms. The summed E-state index contributed by atoms with van der Waals surface area (Å²) in [6.07, 6.45) is 1.61. The van der Waals surface area contributed by atoms with Crippen LogP contribution in [0.5, 0.6) is 5.75 Å². The van der Waals surface area contributed by atoms with Gasteiger partial charge in [0, 0.05) is 37.3 Å². The highest BCUT2D eigenvalue weighted by Crippen LogP contribution is 2.30. The highest BCUT2D eigenvalue weighted by atomic mass is 19.1. The van der Waals surface area contributed by atoms with Crippen molar-refractivity contribution in [3.8, 4) is 16.9 Å². The molecule has 0 aliphatic carbocycles. The third-order valence-corrected chi connectivity index (χ3v) is 5.37. The number of pyridine rings is 1. The second-order valence-electron chi connectivity index (χ2n) is 7.66. The molecule has 0 fully saturated rings. The molecule has 0 atom stereocenters. The molecule has 2 aromatic carbocycles. The van der Waals surface area contributed by atoms with Crippen LogP contribution in [0.4, 0.5) is 10.2 Å². The molecule has 1 amide bonds. The van der Waals surface area contributed by atoms with Gasteiger partial charge in [-0.05, 0) is 54.4 Å². The molecule has 0 bridgehead atoms. The molecule has 7 nitrogen and oxygen atoms in total. The quantitative estimate of drug-likeness (QED) is 0.494. The van der Waals surface area contributed by atoms with Gasteiger partial charge in [0.25, 0.3) is 5.91 Å². The van der Waals surface area contributed by atoms with E-state index in [-0.39, 0.29) is 18.3 Å². The van der Waals surface area contributed by atoms with E-state index < -0.39 is 0 Å². The molecule has 0 aliphatic rings. The molecule has 1 N–H and O–H groups in total. The smallest absolute Gasteiger partial charge is 0.253 e. The van der Waals surface area contributed by atoms with E-state index in [1.54, 1.807) is 37.5 Å². The predicted molar refractivity (Wildman–Crippen MR) is 121 cm³/mol. The number of carbonyl (C=O) groups is 1. The van der Waals surface area contributed by atoms with Crippen LogP contribution >= 0.6 is 0 Å². The van der Waals surface area contributed by atoms with Crippen LogP contribution in [0.2, 0.25) is 0 Å². The lowest BCUT2D eigenvalue weighted by atomic mass is 9.98. The fraction of sp³-hybridized carbons (Fsp3) is 0.208. The van der Waals surface area contributed by atoms with Gasteiger partial charge in [-0.2, -0.15) is 0 Å². The van der Waals surface area contributed by atoms with E-state index in [0.29, 0.717) is 22.5 Å². The SMILES string of the molecule is COc1cccc(F)c1CNc1ccc(-c2ccc(C(=O)N(C)C)cc2C)c2nncn12. The van der Waals surface area contributed by atoms with Crippen molar-refractivity contribution in [3.05, 3.63) is 77.4 Å². The van der Waals surface area contributed by atoms with Gasteiger partial charge in [0.15, 0.2) is 5.65 Å². The maximum absolute atomic E-state index is 14.3. The number of aryl methyl sites for hydroxylation is 1. The number of rotatable bonds is 6. The molecular weight excluding hydrogens is 409 g/mol. The highest BCUT2D eigenvalue weighted by molar-refractivity contribution is 5.95. The summed E-state index contributed by atoms with van der Waals surface area (Å²) < 4.78 is 21.4. The van der Waals surface area contributed by atoms with E-state index in [0.717, 1.165) is 22.5 Å². The van der Waals surface area contributed by atoms with Crippen molar-refractivity contribution >= 4 is 17.4 Å². The van der Waals surface area contributed by atoms with Crippen molar-refractivity contribution in [3.63, 3.8) is 0 Å².